The maximum atomic E-state index is 15.2. The Bertz CT molecular complexity index is 1120. The lowest BCUT2D eigenvalue weighted by atomic mass is 9.91. The van der Waals surface area contributed by atoms with Crippen molar-refractivity contribution in [1.82, 2.24) is 4.98 Å². The minimum absolute atomic E-state index is 0.0188. The van der Waals surface area contributed by atoms with Crippen molar-refractivity contribution in [3.63, 3.8) is 0 Å². The van der Waals surface area contributed by atoms with Crippen molar-refractivity contribution >= 4 is 17.5 Å². The number of benzene rings is 2. The van der Waals surface area contributed by atoms with E-state index in [1.165, 1.54) is 19.2 Å². The second-order valence-electron chi connectivity index (χ2n) is 6.46. The molecule has 0 spiro atoms. The van der Waals surface area contributed by atoms with Gasteiger partial charge < -0.3 is 15.2 Å². The van der Waals surface area contributed by atoms with Gasteiger partial charge in [-0.15, -0.1) is 0 Å². The lowest BCUT2D eigenvalue weighted by Crippen LogP contribution is -2.14. The normalized spacial score (nSPS) is 15.0. The fraction of sp³-hybridized carbons (Fsp3) is 0.143. The molecule has 3 aromatic rings. The van der Waals surface area contributed by atoms with Crippen LogP contribution in [0.3, 0.4) is 0 Å². The Morgan fingerprint density at radius 1 is 1.28 bits per heavy atom. The minimum Gasteiger partial charge on any atom is -0.494 e. The van der Waals surface area contributed by atoms with E-state index in [0.717, 1.165) is 6.07 Å². The summed E-state index contributed by atoms with van der Waals surface area (Å²) in [6.07, 6.45) is 1.37. The van der Waals surface area contributed by atoms with E-state index in [-0.39, 0.29) is 39.6 Å². The molecule has 0 bridgehead atoms. The van der Waals surface area contributed by atoms with Crippen molar-refractivity contribution in [3.05, 3.63) is 76.1 Å². The molecule has 1 aromatic heterocycles. The van der Waals surface area contributed by atoms with E-state index in [0.29, 0.717) is 11.3 Å². The van der Waals surface area contributed by atoms with Gasteiger partial charge in [-0.3, -0.25) is 9.78 Å². The summed E-state index contributed by atoms with van der Waals surface area (Å²) < 4.78 is 40.7. The van der Waals surface area contributed by atoms with Gasteiger partial charge in [0.1, 0.15) is 17.7 Å². The lowest BCUT2D eigenvalue weighted by Gasteiger charge is -2.16. The Hall–Kier alpha value is -3.19. The zero-order valence-corrected chi connectivity index (χ0v) is 16.0. The predicted molar refractivity (Wildman–Crippen MR) is 103 cm³/mol. The first-order chi connectivity index (χ1) is 13.9. The van der Waals surface area contributed by atoms with Crippen LogP contribution in [0.5, 0.6) is 11.5 Å². The molecule has 148 valence electrons. The number of nitrogens with two attached hydrogens (primary N) is 1. The van der Waals surface area contributed by atoms with E-state index in [4.69, 9.17) is 26.8 Å². The van der Waals surface area contributed by atoms with Gasteiger partial charge in [-0.25, -0.2) is 8.78 Å². The Morgan fingerprint density at radius 2 is 2.07 bits per heavy atom. The second-order valence-corrected chi connectivity index (χ2v) is 6.84. The highest BCUT2D eigenvalue weighted by Crippen LogP contribution is 2.48. The molecule has 0 saturated carbocycles. The molecule has 8 heteroatoms. The predicted octanol–water partition coefficient (Wildman–Crippen LogP) is 4.46. The third-order valence-electron chi connectivity index (χ3n) is 4.80. The van der Waals surface area contributed by atoms with Gasteiger partial charge in [0.2, 0.25) is 5.91 Å². The Labute approximate surface area is 170 Å². The van der Waals surface area contributed by atoms with Crippen LogP contribution >= 0.6 is 11.6 Å². The van der Waals surface area contributed by atoms with Gasteiger partial charge in [0, 0.05) is 35.4 Å². The molecule has 0 aliphatic carbocycles. The molecule has 1 aliphatic heterocycles. The maximum absolute atomic E-state index is 15.2. The summed E-state index contributed by atoms with van der Waals surface area (Å²) in [5, 5.41) is -0.330. The van der Waals surface area contributed by atoms with Gasteiger partial charge in [-0.05, 0) is 24.3 Å². The number of hydrogen-bond donors (Lipinski definition) is 1. The van der Waals surface area contributed by atoms with Gasteiger partial charge in [0.25, 0.3) is 0 Å². The molecular formula is C21H15ClF2N2O3. The topological polar surface area (TPSA) is 74.4 Å². The average molecular weight is 417 g/mol. The Kier molecular flexibility index (Phi) is 4.84. The van der Waals surface area contributed by atoms with Crippen LogP contribution in [0.4, 0.5) is 8.78 Å². The van der Waals surface area contributed by atoms with E-state index in [1.54, 1.807) is 24.4 Å². The number of carbonyl (C=O) groups is 1. The highest BCUT2D eigenvalue weighted by atomic mass is 35.5. The van der Waals surface area contributed by atoms with Crippen molar-refractivity contribution in [2.24, 2.45) is 5.73 Å². The highest BCUT2D eigenvalue weighted by molar-refractivity contribution is 6.34. The molecule has 1 amide bonds. The van der Waals surface area contributed by atoms with E-state index in [9.17, 15) is 9.18 Å². The number of fused-ring (bicyclic) bond motifs is 1. The van der Waals surface area contributed by atoms with Crippen LogP contribution in [0, 0.1) is 11.6 Å². The first-order valence-electron chi connectivity index (χ1n) is 8.67. The van der Waals surface area contributed by atoms with Crippen molar-refractivity contribution < 1.29 is 23.0 Å². The van der Waals surface area contributed by atoms with E-state index < -0.39 is 23.6 Å². The molecule has 4 rings (SSSR count). The standard InChI is InChI=1S/C21H15ClF2N2O3/c1-28-14-6-5-10(21(25)27)18(20(14)24)17-11-8-16(13-4-2-3-7-26-13)29-15(11)9-12(23)19(17)22/h2-7,9,16H,8H2,1H3,(H2,25,27). The lowest BCUT2D eigenvalue weighted by molar-refractivity contribution is 0.100. The third-order valence-corrected chi connectivity index (χ3v) is 5.17. The Morgan fingerprint density at radius 3 is 2.72 bits per heavy atom. The number of methoxy groups -OCH3 is 1. The number of ether oxygens (including phenoxy) is 2. The fourth-order valence-corrected chi connectivity index (χ4v) is 3.75. The highest BCUT2D eigenvalue weighted by Gasteiger charge is 2.33. The van der Waals surface area contributed by atoms with Gasteiger partial charge >= 0.3 is 0 Å². The SMILES string of the molecule is COc1ccc(C(N)=O)c(-c2c(Cl)c(F)cc3c2CC(c2ccccn2)O3)c1F. The van der Waals surface area contributed by atoms with Crippen molar-refractivity contribution in [3.8, 4) is 22.6 Å². The first-order valence-corrected chi connectivity index (χ1v) is 9.05. The number of pyridine rings is 1. The summed E-state index contributed by atoms with van der Waals surface area (Å²) in [4.78, 5) is 16.2. The zero-order valence-electron chi connectivity index (χ0n) is 15.2. The molecular weight excluding hydrogens is 402 g/mol. The maximum Gasteiger partial charge on any atom is 0.249 e. The summed E-state index contributed by atoms with van der Waals surface area (Å²) in [5.74, 6) is -2.47. The van der Waals surface area contributed by atoms with E-state index >= 15 is 4.39 Å². The quantitative estimate of drug-likeness (QED) is 0.681. The molecule has 2 N–H and O–H groups in total. The second kappa shape index (κ2) is 7.33. The van der Waals surface area contributed by atoms with Crippen LogP contribution in [0.1, 0.15) is 27.7 Å². The van der Waals surface area contributed by atoms with Crippen LogP contribution in [0.25, 0.3) is 11.1 Å². The molecule has 0 saturated heterocycles. The molecule has 5 nitrogen and oxygen atoms in total. The first kappa shape index (κ1) is 19.1. The number of nitrogens with zero attached hydrogens (tertiary/aromatic N) is 1. The molecule has 29 heavy (non-hydrogen) atoms. The summed E-state index contributed by atoms with van der Waals surface area (Å²) in [6, 6.07) is 9.08. The average Bonchev–Trinajstić information content (AvgIpc) is 3.13. The summed E-state index contributed by atoms with van der Waals surface area (Å²) in [6.45, 7) is 0. The zero-order chi connectivity index (χ0) is 20.7. The van der Waals surface area contributed by atoms with Crippen molar-refractivity contribution in [2.75, 3.05) is 7.11 Å². The summed E-state index contributed by atoms with van der Waals surface area (Å²) in [5.41, 5.74) is 6.19. The van der Waals surface area contributed by atoms with Crippen molar-refractivity contribution in [1.29, 1.82) is 0 Å². The number of aromatic nitrogens is 1. The van der Waals surface area contributed by atoms with Crippen LogP contribution < -0.4 is 15.2 Å². The summed E-state index contributed by atoms with van der Waals surface area (Å²) in [7, 11) is 1.28. The molecule has 0 fully saturated rings. The molecule has 1 aliphatic rings. The van der Waals surface area contributed by atoms with Gasteiger partial charge in [0.05, 0.1) is 23.4 Å². The number of halogens is 3. The number of amides is 1. The van der Waals surface area contributed by atoms with Crippen LogP contribution in [0.2, 0.25) is 5.02 Å². The van der Waals surface area contributed by atoms with Gasteiger partial charge in [0.15, 0.2) is 11.6 Å². The minimum atomic E-state index is -0.879. The van der Waals surface area contributed by atoms with Gasteiger partial charge in [-0.1, -0.05) is 17.7 Å². The van der Waals surface area contributed by atoms with E-state index in [1.807, 2.05) is 0 Å². The molecule has 2 aromatic carbocycles. The number of primary amides is 1. The Balaban J connectivity index is 1.96. The third kappa shape index (κ3) is 3.17. The van der Waals surface area contributed by atoms with Gasteiger partial charge in [-0.2, -0.15) is 0 Å². The monoisotopic (exact) mass is 416 g/mol. The molecule has 1 atom stereocenters. The summed E-state index contributed by atoms with van der Waals surface area (Å²) >= 11 is 6.24. The number of carbonyl (C=O) groups excluding carboxylic acids is 1. The smallest absolute Gasteiger partial charge is 0.249 e. The number of rotatable bonds is 4. The van der Waals surface area contributed by atoms with Crippen molar-refractivity contribution in [2.45, 2.75) is 12.5 Å². The van der Waals surface area contributed by atoms with Crippen LogP contribution in [-0.4, -0.2) is 18.0 Å². The molecule has 2 heterocycles. The van der Waals surface area contributed by atoms with Crippen LogP contribution in [0.15, 0.2) is 42.6 Å². The van der Waals surface area contributed by atoms with Crippen LogP contribution in [-0.2, 0) is 6.42 Å². The fourth-order valence-electron chi connectivity index (χ4n) is 3.49. The largest absolute Gasteiger partial charge is 0.494 e. The number of hydrogen-bond acceptors (Lipinski definition) is 4. The molecule has 1 unspecified atom stereocenters. The molecule has 0 radical (unpaired) electrons. The van der Waals surface area contributed by atoms with E-state index in [2.05, 4.69) is 4.98 Å².